The molecule has 0 radical (unpaired) electrons. The fourth-order valence-corrected chi connectivity index (χ4v) is 2.99. The number of amidine groups is 1. The molecule has 1 saturated heterocycles. The molecule has 0 atom stereocenters. The van der Waals surface area contributed by atoms with E-state index in [2.05, 4.69) is 10.4 Å². The van der Waals surface area contributed by atoms with Crippen LogP contribution < -0.4 is 5.43 Å². The summed E-state index contributed by atoms with van der Waals surface area (Å²) in [5.41, 5.74) is 4.02. The second-order valence-corrected chi connectivity index (χ2v) is 5.64. The van der Waals surface area contributed by atoms with Crippen LogP contribution in [0.25, 0.3) is 6.08 Å². The Morgan fingerprint density at radius 3 is 2.80 bits per heavy atom. The Labute approximate surface area is 120 Å². The average Bonchev–Trinajstić information content (AvgIpc) is 2.84. The first-order valence-corrected chi connectivity index (χ1v) is 7.33. The number of rotatable bonds is 1. The average molecular weight is 291 g/mol. The van der Waals surface area contributed by atoms with Crippen molar-refractivity contribution in [2.24, 2.45) is 4.99 Å². The monoisotopic (exact) mass is 291 g/mol. The van der Waals surface area contributed by atoms with Gasteiger partial charge in [0, 0.05) is 13.1 Å². The van der Waals surface area contributed by atoms with E-state index in [-0.39, 0.29) is 11.7 Å². The van der Waals surface area contributed by atoms with Crippen LogP contribution in [0.2, 0.25) is 0 Å². The molecule has 1 fully saturated rings. The van der Waals surface area contributed by atoms with Crippen molar-refractivity contribution in [1.82, 2.24) is 10.4 Å². The van der Waals surface area contributed by atoms with Gasteiger partial charge in [0.05, 0.1) is 4.91 Å². The first-order valence-electron chi connectivity index (χ1n) is 6.51. The number of amides is 1. The van der Waals surface area contributed by atoms with Crippen molar-refractivity contribution in [3.05, 3.63) is 40.6 Å². The van der Waals surface area contributed by atoms with E-state index >= 15 is 0 Å². The third-order valence-electron chi connectivity index (χ3n) is 3.12. The molecular formula is C14H14FN3OS. The molecule has 3 rings (SSSR count). The minimum Gasteiger partial charge on any atom is -0.286 e. The minimum atomic E-state index is -0.285. The molecule has 2 aliphatic rings. The lowest BCUT2D eigenvalue weighted by Gasteiger charge is -2.28. The summed E-state index contributed by atoms with van der Waals surface area (Å²) in [5.74, 6) is -0.520. The van der Waals surface area contributed by atoms with Gasteiger partial charge in [-0.2, -0.15) is 4.99 Å². The summed E-state index contributed by atoms with van der Waals surface area (Å²) in [6.07, 6.45) is 3.98. The van der Waals surface area contributed by atoms with Crippen molar-refractivity contribution in [2.45, 2.75) is 12.8 Å². The lowest BCUT2D eigenvalue weighted by molar-refractivity contribution is -0.113. The fraction of sp³-hybridized carbons (Fsp3) is 0.286. The van der Waals surface area contributed by atoms with Crippen LogP contribution in [0, 0.1) is 5.82 Å². The molecule has 1 amide bonds. The van der Waals surface area contributed by atoms with Gasteiger partial charge < -0.3 is 0 Å². The molecule has 0 aromatic heterocycles. The Morgan fingerprint density at radius 2 is 2.10 bits per heavy atom. The molecule has 2 heterocycles. The Hall–Kier alpha value is -1.66. The number of hydrazine groups is 1. The molecule has 4 nitrogen and oxygen atoms in total. The van der Waals surface area contributed by atoms with Crippen molar-refractivity contribution < 1.29 is 9.18 Å². The quantitative estimate of drug-likeness (QED) is 0.807. The van der Waals surface area contributed by atoms with Crippen molar-refractivity contribution in [2.75, 3.05) is 13.1 Å². The standard InChI is InChI=1S/C14H14FN3OS/c15-11-5-3-10(4-6-11)9-12-13(19)17-14(20-12)18-8-2-1-7-16-18/h3-6,9,16H,1-2,7-8H2. The minimum absolute atomic E-state index is 0.235. The van der Waals surface area contributed by atoms with Gasteiger partial charge in [-0.15, -0.1) is 0 Å². The molecule has 1 N–H and O–H groups in total. The SMILES string of the molecule is O=C1N=C(N2CCCCN2)SC1=Cc1ccc(F)cc1. The van der Waals surface area contributed by atoms with Crippen LogP contribution >= 0.6 is 11.8 Å². The van der Waals surface area contributed by atoms with Gasteiger partial charge in [-0.3, -0.25) is 9.80 Å². The third kappa shape index (κ3) is 2.91. The predicted molar refractivity (Wildman–Crippen MR) is 78.4 cm³/mol. The number of halogens is 1. The second-order valence-electron chi connectivity index (χ2n) is 4.63. The highest BCUT2D eigenvalue weighted by Crippen LogP contribution is 2.30. The number of hydrogen-bond donors (Lipinski definition) is 1. The molecular weight excluding hydrogens is 277 g/mol. The summed E-state index contributed by atoms with van der Waals surface area (Å²) in [4.78, 5) is 16.5. The molecule has 1 aromatic carbocycles. The van der Waals surface area contributed by atoms with E-state index in [1.54, 1.807) is 18.2 Å². The molecule has 0 spiro atoms. The van der Waals surface area contributed by atoms with Gasteiger partial charge in [-0.25, -0.2) is 9.82 Å². The van der Waals surface area contributed by atoms with Gasteiger partial charge in [0.2, 0.25) is 0 Å². The molecule has 0 bridgehead atoms. The van der Waals surface area contributed by atoms with Gasteiger partial charge in [-0.1, -0.05) is 12.1 Å². The number of hydrogen-bond acceptors (Lipinski definition) is 4. The summed E-state index contributed by atoms with van der Waals surface area (Å²) in [5, 5.41) is 2.63. The molecule has 0 aliphatic carbocycles. The maximum atomic E-state index is 12.9. The molecule has 104 valence electrons. The van der Waals surface area contributed by atoms with Crippen LogP contribution in [0.5, 0.6) is 0 Å². The maximum Gasteiger partial charge on any atom is 0.286 e. The summed E-state index contributed by atoms with van der Waals surface area (Å²) in [6.45, 7) is 1.77. The van der Waals surface area contributed by atoms with Gasteiger partial charge in [-0.05, 0) is 48.4 Å². The largest absolute Gasteiger partial charge is 0.286 e. The number of nitrogens with one attached hydrogen (secondary N) is 1. The zero-order chi connectivity index (χ0) is 13.9. The maximum absolute atomic E-state index is 12.9. The number of carbonyl (C=O) groups is 1. The number of benzene rings is 1. The van der Waals surface area contributed by atoms with Crippen LogP contribution in [-0.2, 0) is 4.79 Å². The lowest BCUT2D eigenvalue weighted by Crippen LogP contribution is -2.45. The number of carbonyl (C=O) groups excluding carboxylic acids is 1. The molecule has 0 unspecified atom stereocenters. The van der Waals surface area contributed by atoms with E-state index in [1.807, 2.05) is 5.01 Å². The molecule has 20 heavy (non-hydrogen) atoms. The van der Waals surface area contributed by atoms with Crippen molar-refractivity contribution in [1.29, 1.82) is 0 Å². The van der Waals surface area contributed by atoms with E-state index in [1.165, 1.54) is 23.9 Å². The molecule has 6 heteroatoms. The predicted octanol–water partition coefficient (Wildman–Crippen LogP) is 2.40. The Balaban J connectivity index is 1.74. The Kier molecular flexibility index (Phi) is 3.84. The van der Waals surface area contributed by atoms with E-state index in [0.29, 0.717) is 10.1 Å². The molecule has 0 saturated carbocycles. The van der Waals surface area contributed by atoms with Gasteiger partial charge in [0.1, 0.15) is 5.82 Å². The third-order valence-corrected chi connectivity index (χ3v) is 4.13. The highest BCUT2D eigenvalue weighted by Gasteiger charge is 2.26. The summed E-state index contributed by atoms with van der Waals surface area (Å²) >= 11 is 1.36. The van der Waals surface area contributed by atoms with Crippen LogP contribution in [0.4, 0.5) is 4.39 Å². The summed E-state index contributed by atoms with van der Waals surface area (Å²) in [6, 6.07) is 6.05. The first-order chi connectivity index (χ1) is 9.72. The second kappa shape index (κ2) is 5.76. The van der Waals surface area contributed by atoms with Crippen molar-refractivity contribution in [3.63, 3.8) is 0 Å². The lowest BCUT2D eigenvalue weighted by atomic mass is 10.2. The Morgan fingerprint density at radius 1 is 1.30 bits per heavy atom. The smallest absolute Gasteiger partial charge is 0.286 e. The molecule has 2 aliphatic heterocycles. The number of aliphatic imine (C=N–C) groups is 1. The Bertz CT molecular complexity index is 577. The highest BCUT2D eigenvalue weighted by atomic mass is 32.2. The van der Waals surface area contributed by atoms with E-state index < -0.39 is 0 Å². The molecule has 1 aromatic rings. The number of nitrogens with zero attached hydrogens (tertiary/aromatic N) is 2. The van der Waals surface area contributed by atoms with Gasteiger partial charge in [0.15, 0.2) is 5.17 Å². The highest BCUT2D eigenvalue weighted by molar-refractivity contribution is 8.18. The van der Waals surface area contributed by atoms with Gasteiger partial charge in [0.25, 0.3) is 5.91 Å². The zero-order valence-corrected chi connectivity index (χ0v) is 11.6. The number of thioether (sulfide) groups is 1. The van der Waals surface area contributed by atoms with Crippen LogP contribution in [-0.4, -0.2) is 29.2 Å². The first kappa shape index (κ1) is 13.3. The summed E-state index contributed by atoms with van der Waals surface area (Å²) < 4.78 is 12.9. The van der Waals surface area contributed by atoms with E-state index in [0.717, 1.165) is 31.5 Å². The van der Waals surface area contributed by atoms with Crippen LogP contribution in [0.15, 0.2) is 34.2 Å². The van der Waals surface area contributed by atoms with Crippen LogP contribution in [0.1, 0.15) is 18.4 Å². The van der Waals surface area contributed by atoms with Crippen LogP contribution in [0.3, 0.4) is 0 Å². The van der Waals surface area contributed by atoms with E-state index in [9.17, 15) is 9.18 Å². The zero-order valence-electron chi connectivity index (χ0n) is 10.8. The normalized spacial score (nSPS) is 21.4. The van der Waals surface area contributed by atoms with Crippen molar-refractivity contribution >= 4 is 28.9 Å². The summed E-state index contributed by atoms with van der Waals surface area (Å²) in [7, 11) is 0. The van der Waals surface area contributed by atoms with Gasteiger partial charge >= 0.3 is 0 Å². The van der Waals surface area contributed by atoms with Crippen molar-refractivity contribution in [3.8, 4) is 0 Å². The van der Waals surface area contributed by atoms with E-state index in [4.69, 9.17) is 0 Å². The topological polar surface area (TPSA) is 44.7 Å². The fourth-order valence-electron chi connectivity index (χ4n) is 2.08.